The molecule has 10 nitrogen and oxygen atoms in total. The zero-order valence-corrected chi connectivity index (χ0v) is 16.8. The summed E-state index contributed by atoms with van der Waals surface area (Å²) in [6, 6.07) is 0. The van der Waals surface area contributed by atoms with Gasteiger partial charge in [0.1, 0.15) is 6.61 Å². The Morgan fingerprint density at radius 3 is 1.41 bits per heavy atom. The highest BCUT2D eigenvalue weighted by Crippen LogP contribution is 2.09. The van der Waals surface area contributed by atoms with Crippen LogP contribution in [0.1, 0.15) is 20.8 Å². The van der Waals surface area contributed by atoms with Gasteiger partial charge in [-0.1, -0.05) is 0 Å². The predicted molar refractivity (Wildman–Crippen MR) is 98.3 cm³/mol. The topological polar surface area (TPSA) is 122 Å². The number of hydrogen-bond donors (Lipinski definition) is 2. The molecule has 0 atom stereocenters. The van der Waals surface area contributed by atoms with Gasteiger partial charge in [0, 0.05) is 0 Å². The predicted octanol–water partition coefficient (Wildman–Crippen LogP) is 0.173. The molecule has 0 saturated carbocycles. The van der Waals surface area contributed by atoms with E-state index in [1.807, 2.05) is 20.8 Å². The minimum Gasteiger partial charge on any atom is -0.446 e. The van der Waals surface area contributed by atoms with Crippen molar-refractivity contribution in [3.05, 3.63) is 0 Å². The molecule has 10 heteroatoms. The lowest BCUT2D eigenvalue weighted by Gasteiger charge is -2.29. The highest BCUT2D eigenvalue weighted by atomic mass is 16.6. The number of ether oxygens (including phenoxy) is 6. The molecule has 3 N–H and O–H groups in total. The minimum atomic E-state index is -0.582. The lowest BCUT2D eigenvalue weighted by atomic mass is 10.1. The summed E-state index contributed by atoms with van der Waals surface area (Å²) in [5, 5.41) is 9.56. The van der Waals surface area contributed by atoms with Crippen LogP contribution >= 0.6 is 0 Å². The number of nitrogens with two attached hydrogens (primary N) is 1. The van der Waals surface area contributed by atoms with Crippen LogP contribution < -0.4 is 5.84 Å². The maximum atomic E-state index is 11.6. The number of amides is 1. The van der Waals surface area contributed by atoms with Crippen molar-refractivity contribution >= 4 is 6.09 Å². The monoisotopic (exact) mass is 396 g/mol. The Morgan fingerprint density at radius 1 is 0.741 bits per heavy atom. The number of aliphatic hydroxyl groups is 1. The molecule has 0 aliphatic heterocycles. The van der Waals surface area contributed by atoms with E-state index in [4.69, 9.17) is 39.4 Å². The van der Waals surface area contributed by atoms with Gasteiger partial charge in [0.2, 0.25) is 0 Å². The summed E-state index contributed by atoms with van der Waals surface area (Å²) in [6.07, 6.45) is -0.582. The average molecular weight is 396 g/mol. The highest BCUT2D eigenvalue weighted by molar-refractivity contribution is 5.67. The summed E-state index contributed by atoms with van der Waals surface area (Å²) in [6.45, 7) is 9.89. The molecule has 0 aliphatic carbocycles. The van der Waals surface area contributed by atoms with Gasteiger partial charge in [-0.3, -0.25) is 0 Å². The number of nitrogens with zero attached hydrogens (tertiary/aromatic N) is 1. The van der Waals surface area contributed by atoms with Crippen LogP contribution in [0.3, 0.4) is 0 Å². The van der Waals surface area contributed by atoms with Gasteiger partial charge in [0.15, 0.2) is 0 Å². The van der Waals surface area contributed by atoms with Gasteiger partial charge >= 0.3 is 6.09 Å². The van der Waals surface area contributed by atoms with Crippen LogP contribution in [-0.2, 0) is 28.4 Å². The quantitative estimate of drug-likeness (QED) is 0.153. The van der Waals surface area contributed by atoms with Crippen LogP contribution in [0.2, 0.25) is 0 Å². The smallest absolute Gasteiger partial charge is 0.424 e. The zero-order valence-electron chi connectivity index (χ0n) is 16.8. The molecule has 0 bridgehead atoms. The van der Waals surface area contributed by atoms with E-state index in [0.29, 0.717) is 59.5 Å². The highest BCUT2D eigenvalue weighted by Gasteiger charge is 2.24. The Kier molecular flexibility index (Phi) is 16.5. The molecular weight excluding hydrogens is 360 g/mol. The molecule has 0 aromatic carbocycles. The number of carbonyl (C=O) groups excluding carboxylic acids is 1. The molecular formula is C17H36N2O8. The Labute approximate surface area is 161 Å². The number of rotatable bonds is 17. The third-order valence-electron chi connectivity index (χ3n) is 3.10. The summed E-state index contributed by atoms with van der Waals surface area (Å²) in [4.78, 5) is 11.6. The summed E-state index contributed by atoms with van der Waals surface area (Å²) in [5.41, 5.74) is -0.491. The SMILES string of the molecule is CC(C)(C)N(N)C(=O)OCCOCCOCCOCCOCCOCCO. The van der Waals surface area contributed by atoms with E-state index in [1.165, 1.54) is 0 Å². The second-order valence-electron chi connectivity index (χ2n) is 6.44. The standard InChI is InChI=1S/C17H36N2O8/c1-17(2,3)19(18)16(21)27-15-14-26-13-12-25-11-10-24-9-8-23-7-6-22-5-4-20/h20H,4-15,18H2,1-3H3. The lowest BCUT2D eigenvalue weighted by Crippen LogP contribution is -2.50. The van der Waals surface area contributed by atoms with Gasteiger partial charge in [0.25, 0.3) is 0 Å². The Bertz CT molecular complexity index is 352. The molecule has 0 spiro atoms. The maximum absolute atomic E-state index is 11.6. The molecule has 1 amide bonds. The molecule has 0 radical (unpaired) electrons. The van der Waals surface area contributed by atoms with Crippen LogP contribution in [-0.4, -0.2) is 101 Å². The summed E-state index contributed by atoms with van der Waals surface area (Å²) >= 11 is 0. The summed E-state index contributed by atoms with van der Waals surface area (Å²) in [5.74, 6) is 5.63. The average Bonchev–Trinajstić information content (AvgIpc) is 2.62. The van der Waals surface area contributed by atoms with Crippen molar-refractivity contribution in [1.29, 1.82) is 0 Å². The van der Waals surface area contributed by atoms with E-state index in [0.717, 1.165) is 5.01 Å². The number of aliphatic hydroxyl groups excluding tert-OH is 1. The Balaban J connectivity index is 3.22. The second-order valence-corrected chi connectivity index (χ2v) is 6.44. The van der Waals surface area contributed by atoms with Crippen LogP contribution in [0.15, 0.2) is 0 Å². The van der Waals surface area contributed by atoms with Crippen molar-refractivity contribution in [3.8, 4) is 0 Å². The molecule has 0 aliphatic rings. The van der Waals surface area contributed by atoms with Crippen molar-refractivity contribution in [2.75, 3.05) is 79.3 Å². The van der Waals surface area contributed by atoms with Crippen molar-refractivity contribution in [2.24, 2.45) is 5.84 Å². The van der Waals surface area contributed by atoms with Crippen molar-refractivity contribution in [1.82, 2.24) is 5.01 Å². The lowest BCUT2D eigenvalue weighted by molar-refractivity contribution is -0.0170. The van der Waals surface area contributed by atoms with Crippen molar-refractivity contribution < 1.29 is 38.3 Å². The van der Waals surface area contributed by atoms with E-state index in [2.05, 4.69) is 0 Å². The minimum absolute atomic E-state index is 0.0199. The molecule has 0 rings (SSSR count). The van der Waals surface area contributed by atoms with Crippen LogP contribution in [0.5, 0.6) is 0 Å². The first-order valence-corrected chi connectivity index (χ1v) is 9.11. The number of hydrazine groups is 1. The number of carbonyl (C=O) groups is 1. The van der Waals surface area contributed by atoms with Crippen LogP contribution in [0.4, 0.5) is 4.79 Å². The van der Waals surface area contributed by atoms with E-state index in [9.17, 15) is 4.79 Å². The van der Waals surface area contributed by atoms with E-state index >= 15 is 0 Å². The molecule has 0 heterocycles. The molecule has 27 heavy (non-hydrogen) atoms. The fourth-order valence-electron chi connectivity index (χ4n) is 1.58. The molecule has 0 fully saturated rings. The van der Waals surface area contributed by atoms with Crippen molar-refractivity contribution in [2.45, 2.75) is 26.3 Å². The Morgan fingerprint density at radius 2 is 1.07 bits per heavy atom. The van der Waals surface area contributed by atoms with Gasteiger partial charge in [0.05, 0.1) is 78.2 Å². The normalized spacial score (nSPS) is 11.6. The van der Waals surface area contributed by atoms with Crippen LogP contribution in [0.25, 0.3) is 0 Å². The molecule has 0 aromatic heterocycles. The largest absolute Gasteiger partial charge is 0.446 e. The first-order valence-electron chi connectivity index (χ1n) is 9.11. The summed E-state index contributed by atoms with van der Waals surface area (Å²) in [7, 11) is 0. The van der Waals surface area contributed by atoms with Gasteiger partial charge in [-0.05, 0) is 20.8 Å². The van der Waals surface area contributed by atoms with Gasteiger partial charge in [-0.25, -0.2) is 15.6 Å². The van der Waals surface area contributed by atoms with Gasteiger partial charge in [-0.2, -0.15) is 0 Å². The first kappa shape index (κ1) is 26.0. The van der Waals surface area contributed by atoms with Gasteiger partial charge < -0.3 is 33.5 Å². The molecule has 162 valence electrons. The fourth-order valence-corrected chi connectivity index (χ4v) is 1.58. The molecule has 0 aromatic rings. The van der Waals surface area contributed by atoms with Gasteiger partial charge in [-0.15, -0.1) is 0 Å². The third kappa shape index (κ3) is 16.9. The van der Waals surface area contributed by atoms with Crippen molar-refractivity contribution in [3.63, 3.8) is 0 Å². The first-order chi connectivity index (χ1) is 12.9. The van der Waals surface area contributed by atoms with Crippen LogP contribution in [0, 0.1) is 0 Å². The van der Waals surface area contributed by atoms with E-state index < -0.39 is 11.6 Å². The Hall–Kier alpha value is -1.01. The zero-order chi connectivity index (χ0) is 20.4. The van der Waals surface area contributed by atoms with E-state index in [-0.39, 0.29) is 19.8 Å². The number of hydrogen-bond acceptors (Lipinski definition) is 9. The van der Waals surface area contributed by atoms with E-state index in [1.54, 1.807) is 0 Å². The maximum Gasteiger partial charge on any atom is 0.424 e. The molecule has 0 saturated heterocycles. The third-order valence-corrected chi connectivity index (χ3v) is 3.10. The second kappa shape index (κ2) is 17.1. The molecule has 0 unspecified atom stereocenters. The summed E-state index contributed by atoms with van der Waals surface area (Å²) < 4.78 is 31.3. The fraction of sp³-hybridized carbons (Fsp3) is 0.941.